The number of benzene rings is 1. The van der Waals surface area contributed by atoms with Crippen LogP contribution in [0.15, 0.2) is 24.3 Å². The molecular formula is C10H6Cl2KNO2. The molecular weight excluding hydrogens is 276 g/mol. The van der Waals surface area contributed by atoms with Gasteiger partial charge < -0.3 is 5.11 Å². The Bertz CT molecular complexity index is 480. The molecule has 78 valence electrons. The zero-order valence-corrected chi connectivity index (χ0v) is 8.88. The molecule has 6 heteroatoms. The van der Waals surface area contributed by atoms with E-state index in [0.717, 1.165) is 6.08 Å². The average molecular weight is 282 g/mol. The monoisotopic (exact) mass is 281 g/mol. The van der Waals surface area contributed by atoms with Gasteiger partial charge in [0.2, 0.25) is 0 Å². The van der Waals surface area contributed by atoms with Crippen molar-refractivity contribution in [3.8, 4) is 6.07 Å². The van der Waals surface area contributed by atoms with Crippen LogP contribution >= 0.6 is 23.2 Å². The molecule has 0 aliphatic rings. The summed E-state index contributed by atoms with van der Waals surface area (Å²) in [4.78, 5) is 10.4. The van der Waals surface area contributed by atoms with E-state index >= 15 is 0 Å². The molecule has 1 rings (SSSR count). The van der Waals surface area contributed by atoms with Crippen LogP contribution in [-0.4, -0.2) is 62.5 Å². The Labute approximate surface area is 145 Å². The topological polar surface area (TPSA) is 61.1 Å². The van der Waals surface area contributed by atoms with E-state index in [4.69, 9.17) is 33.6 Å². The quantitative estimate of drug-likeness (QED) is 0.514. The molecule has 0 saturated carbocycles. The first-order chi connectivity index (χ1) is 7.04. The van der Waals surface area contributed by atoms with Gasteiger partial charge in [-0.15, -0.1) is 0 Å². The van der Waals surface area contributed by atoms with Crippen molar-refractivity contribution in [3.05, 3.63) is 39.9 Å². The minimum atomic E-state index is -1.18. The fourth-order valence-electron chi connectivity index (χ4n) is 0.967. The predicted molar refractivity (Wildman–Crippen MR) is 64.8 cm³/mol. The van der Waals surface area contributed by atoms with E-state index in [9.17, 15) is 4.79 Å². The van der Waals surface area contributed by atoms with Crippen molar-refractivity contribution in [2.24, 2.45) is 0 Å². The molecule has 0 radical (unpaired) electrons. The van der Waals surface area contributed by atoms with Gasteiger partial charge in [-0.05, 0) is 17.7 Å². The molecule has 3 nitrogen and oxygen atoms in total. The van der Waals surface area contributed by atoms with Crippen molar-refractivity contribution in [2.45, 2.75) is 0 Å². The molecule has 0 aromatic heterocycles. The van der Waals surface area contributed by atoms with E-state index in [2.05, 4.69) is 0 Å². The summed E-state index contributed by atoms with van der Waals surface area (Å²) in [6, 6.07) is 6.26. The zero-order valence-electron chi connectivity index (χ0n) is 7.37. The summed E-state index contributed by atoms with van der Waals surface area (Å²) in [7, 11) is 0. The molecule has 0 aliphatic carbocycles. The van der Waals surface area contributed by atoms with Gasteiger partial charge in [-0.25, -0.2) is 4.79 Å². The molecule has 0 bridgehead atoms. The SMILES string of the molecule is N#CC(=CC(=O)O)c1ccc(Cl)c(Cl)c1.[KH]. The van der Waals surface area contributed by atoms with Crippen molar-refractivity contribution in [2.75, 3.05) is 0 Å². The Morgan fingerprint density at radius 1 is 1.38 bits per heavy atom. The third-order valence-electron chi connectivity index (χ3n) is 1.62. The Morgan fingerprint density at radius 3 is 2.44 bits per heavy atom. The Morgan fingerprint density at radius 2 is 2.00 bits per heavy atom. The van der Waals surface area contributed by atoms with Gasteiger partial charge in [-0.3, -0.25) is 0 Å². The van der Waals surface area contributed by atoms with Crippen molar-refractivity contribution >= 4 is 86.1 Å². The number of allylic oxidation sites excluding steroid dienone is 1. The van der Waals surface area contributed by atoms with Crippen LogP contribution < -0.4 is 0 Å². The molecule has 0 unspecified atom stereocenters. The summed E-state index contributed by atoms with van der Waals surface area (Å²) in [6.07, 6.45) is 0.819. The maximum absolute atomic E-state index is 10.4. The standard InChI is InChI=1S/C10H5Cl2NO2.K.H/c11-8-2-1-6(3-9(8)12)7(5-13)4-10(14)15;;/h1-4H,(H,14,15);;. The number of carbonyl (C=O) groups is 1. The van der Waals surface area contributed by atoms with Crippen molar-refractivity contribution in [3.63, 3.8) is 0 Å². The van der Waals surface area contributed by atoms with Crippen molar-refractivity contribution < 1.29 is 9.90 Å². The van der Waals surface area contributed by atoms with E-state index in [1.165, 1.54) is 18.2 Å². The van der Waals surface area contributed by atoms with Crippen LogP contribution in [0.25, 0.3) is 5.57 Å². The molecule has 16 heavy (non-hydrogen) atoms. The van der Waals surface area contributed by atoms with Crippen LogP contribution in [0.5, 0.6) is 0 Å². The number of carboxylic acid groups (broad SMARTS) is 1. The molecule has 1 aromatic carbocycles. The number of halogens is 2. The molecule has 1 N–H and O–H groups in total. The first kappa shape index (κ1) is 16.1. The van der Waals surface area contributed by atoms with Gasteiger partial charge in [0.1, 0.15) is 6.07 Å². The summed E-state index contributed by atoms with van der Waals surface area (Å²) in [5.74, 6) is -1.18. The second kappa shape index (κ2) is 7.46. The first-order valence-corrected chi connectivity index (χ1v) is 4.60. The van der Waals surface area contributed by atoms with Crippen LogP contribution in [-0.2, 0) is 4.79 Å². The third kappa shape index (κ3) is 4.56. The number of carboxylic acids is 1. The first-order valence-electron chi connectivity index (χ1n) is 3.84. The summed E-state index contributed by atoms with van der Waals surface area (Å²) in [5, 5.41) is 17.9. The Kier molecular flexibility index (Phi) is 7.52. The molecule has 0 saturated heterocycles. The fraction of sp³-hybridized carbons (Fsp3) is 0. The average Bonchev–Trinajstić information content (AvgIpc) is 2.18. The van der Waals surface area contributed by atoms with Crippen LogP contribution in [0.2, 0.25) is 10.0 Å². The number of aliphatic carboxylic acids is 1. The summed E-state index contributed by atoms with van der Waals surface area (Å²) >= 11 is 11.4. The van der Waals surface area contributed by atoms with E-state index in [-0.39, 0.29) is 62.0 Å². The van der Waals surface area contributed by atoms with Crippen LogP contribution in [0.3, 0.4) is 0 Å². The molecule has 0 fully saturated rings. The summed E-state index contributed by atoms with van der Waals surface area (Å²) in [6.45, 7) is 0. The number of hydrogen-bond donors (Lipinski definition) is 1. The van der Waals surface area contributed by atoms with E-state index in [1.54, 1.807) is 6.07 Å². The minimum absolute atomic E-state index is 0. The fourth-order valence-corrected chi connectivity index (χ4v) is 1.27. The molecule has 0 aliphatic heterocycles. The zero-order chi connectivity index (χ0) is 11.4. The molecule has 0 spiro atoms. The van der Waals surface area contributed by atoms with E-state index < -0.39 is 5.97 Å². The summed E-state index contributed by atoms with van der Waals surface area (Å²) in [5.41, 5.74) is 0.454. The second-order valence-corrected chi connectivity index (χ2v) is 3.45. The van der Waals surface area contributed by atoms with Gasteiger partial charge in [-0.2, -0.15) is 5.26 Å². The van der Waals surface area contributed by atoms with Gasteiger partial charge >= 0.3 is 57.4 Å². The Hall–Kier alpha value is 0.136. The van der Waals surface area contributed by atoms with Gasteiger partial charge in [0.25, 0.3) is 0 Å². The van der Waals surface area contributed by atoms with Gasteiger partial charge in [0, 0.05) is 6.08 Å². The van der Waals surface area contributed by atoms with Crippen LogP contribution in [0.4, 0.5) is 0 Å². The molecule has 0 amide bonds. The second-order valence-electron chi connectivity index (χ2n) is 2.64. The number of nitriles is 1. The van der Waals surface area contributed by atoms with Crippen molar-refractivity contribution in [1.29, 1.82) is 5.26 Å². The maximum atomic E-state index is 10.4. The Balaban J connectivity index is 0.00000225. The van der Waals surface area contributed by atoms with Crippen LogP contribution in [0.1, 0.15) is 5.56 Å². The normalized spacial score (nSPS) is 10.2. The van der Waals surface area contributed by atoms with E-state index in [0.29, 0.717) is 10.6 Å². The molecule has 1 aromatic rings. The van der Waals surface area contributed by atoms with Crippen LogP contribution in [0, 0.1) is 11.3 Å². The van der Waals surface area contributed by atoms with Crippen molar-refractivity contribution in [1.82, 2.24) is 0 Å². The number of hydrogen-bond acceptors (Lipinski definition) is 2. The summed E-state index contributed by atoms with van der Waals surface area (Å²) < 4.78 is 0. The number of nitrogens with zero attached hydrogens (tertiary/aromatic N) is 1. The van der Waals surface area contributed by atoms with Gasteiger partial charge in [-0.1, -0.05) is 29.3 Å². The van der Waals surface area contributed by atoms with Gasteiger partial charge in [0.05, 0.1) is 15.6 Å². The molecule has 0 heterocycles. The number of rotatable bonds is 2. The third-order valence-corrected chi connectivity index (χ3v) is 2.36. The molecule has 0 atom stereocenters. The van der Waals surface area contributed by atoms with E-state index in [1.807, 2.05) is 0 Å². The van der Waals surface area contributed by atoms with Gasteiger partial charge in [0.15, 0.2) is 0 Å². The predicted octanol–water partition coefficient (Wildman–Crippen LogP) is 2.34.